The summed E-state index contributed by atoms with van der Waals surface area (Å²) in [6, 6.07) is 3.24. The van der Waals surface area contributed by atoms with Gasteiger partial charge in [-0.2, -0.15) is 0 Å². The Morgan fingerprint density at radius 2 is 2.16 bits per heavy atom. The molecule has 0 fully saturated rings. The van der Waals surface area contributed by atoms with E-state index in [-0.39, 0.29) is 22.2 Å². The van der Waals surface area contributed by atoms with Crippen molar-refractivity contribution in [1.82, 2.24) is 4.72 Å². The third-order valence-electron chi connectivity index (χ3n) is 2.25. The Kier molecular flexibility index (Phi) is 5.46. The number of hydrogen-bond donors (Lipinski definition) is 1. The highest BCUT2D eigenvalue weighted by Crippen LogP contribution is 2.25. The molecule has 0 unspecified atom stereocenters. The van der Waals surface area contributed by atoms with Gasteiger partial charge in [0.25, 0.3) is 5.69 Å². The smallest absolute Gasteiger partial charge is 0.258 e. The molecule has 0 aliphatic heterocycles. The number of nitrogens with one attached hydrogen (secondary N) is 1. The van der Waals surface area contributed by atoms with Crippen LogP contribution in [0.1, 0.15) is 13.3 Å². The number of nitrogens with zero attached hydrogens (tertiary/aromatic N) is 1. The fourth-order valence-electron chi connectivity index (χ4n) is 1.34. The Morgan fingerprint density at radius 1 is 1.47 bits per heavy atom. The van der Waals surface area contributed by atoms with Gasteiger partial charge in [0, 0.05) is 18.7 Å². The van der Waals surface area contributed by atoms with Gasteiger partial charge in [-0.15, -0.1) is 0 Å². The molecule has 0 aromatic heterocycles. The van der Waals surface area contributed by atoms with Crippen molar-refractivity contribution in [3.05, 3.63) is 45.5 Å². The van der Waals surface area contributed by atoms with Crippen LogP contribution < -0.4 is 4.72 Å². The van der Waals surface area contributed by atoms with E-state index in [1.165, 1.54) is 0 Å². The number of allylic oxidation sites excluding steroid dienone is 1. The average Bonchev–Trinajstić information content (AvgIpc) is 2.34. The van der Waals surface area contributed by atoms with Gasteiger partial charge in [-0.25, -0.2) is 13.1 Å². The van der Waals surface area contributed by atoms with Gasteiger partial charge < -0.3 is 0 Å². The molecule has 0 aliphatic carbocycles. The molecule has 104 valence electrons. The lowest BCUT2D eigenvalue weighted by Gasteiger charge is -2.07. The largest absolute Gasteiger partial charge is 0.271 e. The maximum atomic E-state index is 11.9. The second-order valence-electron chi connectivity index (χ2n) is 3.63. The minimum atomic E-state index is -3.75. The number of nitro groups is 1. The van der Waals surface area contributed by atoms with Gasteiger partial charge in [0.15, 0.2) is 0 Å². The van der Waals surface area contributed by atoms with Crippen LogP contribution in [-0.4, -0.2) is 19.9 Å². The number of nitro benzene ring substituents is 1. The predicted octanol–water partition coefficient (Wildman–Crippen LogP) is 2.49. The van der Waals surface area contributed by atoms with Crippen LogP contribution in [0.15, 0.2) is 35.2 Å². The van der Waals surface area contributed by atoms with Gasteiger partial charge in [0.2, 0.25) is 10.0 Å². The summed E-state index contributed by atoms with van der Waals surface area (Å²) >= 11 is 5.76. The van der Waals surface area contributed by atoms with E-state index in [2.05, 4.69) is 4.72 Å². The molecule has 1 aromatic rings. The summed E-state index contributed by atoms with van der Waals surface area (Å²) in [6.07, 6.45) is 4.19. The number of sulfonamides is 1. The molecule has 0 spiro atoms. The number of hydrogen-bond acceptors (Lipinski definition) is 4. The van der Waals surface area contributed by atoms with Crippen molar-refractivity contribution < 1.29 is 13.3 Å². The summed E-state index contributed by atoms with van der Waals surface area (Å²) < 4.78 is 26.2. The maximum Gasteiger partial charge on any atom is 0.271 e. The van der Waals surface area contributed by atoms with E-state index >= 15 is 0 Å². The second kappa shape index (κ2) is 6.65. The number of benzene rings is 1. The van der Waals surface area contributed by atoms with Crippen LogP contribution in [-0.2, 0) is 10.0 Å². The lowest BCUT2D eigenvalue weighted by atomic mass is 10.3. The standard InChI is InChI=1S/C11H13ClN2O4S/c1-2-3-4-7-13-19(17,18)11-6-5-9(14(15)16)8-10(11)12/h2-3,5-6,8,13H,4,7H2,1H3/b3-2+. The van der Waals surface area contributed by atoms with Crippen LogP contribution in [0.3, 0.4) is 0 Å². The lowest BCUT2D eigenvalue weighted by molar-refractivity contribution is -0.384. The lowest BCUT2D eigenvalue weighted by Crippen LogP contribution is -2.24. The topological polar surface area (TPSA) is 89.3 Å². The van der Waals surface area contributed by atoms with Crippen LogP contribution in [0.2, 0.25) is 5.02 Å². The SMILES string of the molecule is C/C=C/CCNS(=O)(=O)c1ccc([N+](=O)[O-])cc1Cl. The third-order valence-corrected chi connectivity index (χ3v) is 4.20. The van der Waals surface area contributed by atoms with E-state index < -0.39 is 14.9 Å². The summed E-state index contributed by atoms with van der Waals surface area (Å²) in [5.41, 5.74) is -0.252. The van der Waals surface area contributed by atoms with Gasteiger partial charge in [-0.1, -0.05) is 23.8 Å². The van der Waals surface area contributed by atoms with Crippen LogP contribution >= 0.6 is 11.6 Å². The quantitative estimate of drug-likeness (QED) is 0.378. The van der Waals surface area contributed by atoms with E-state index in [0.717, 1.165) is 18.2 Å². The van der Waals surface area contributed by atoms with Crippen molar-refractivity contribution in [2.75, 3.05) is 6.54 Å². The zero-order valence-corrected chi connectivity index (χ0v) is 11.7. The highest BCUT2D eigenvalue weighted by Gasteiger charge is 2.19. The maximum absolute atomic E-state index is 11.9. The summed E-state index contributed by atoms with van der Waals surface area (Å²) in [4.78, 5) is 9.73. The fourth-order valence-corrected chi connectivity index (χ4v) is 2.93. The van der Waals surface area contributed by atoms with E-state index in [1.807, 2.05) is 19.1 Å². The first-order valence-corrected chi connectivity index (χ1v) is 7.29. The molecular formula is C11H13ClN2O4S. The van der Waals surface area contributed by atoms with E-state index in [4.69, 9.17) is 11.6 Å². The summed E-state index contributed by atoms with van der Waals surface area (Å²) in [5, 5.41) is 10.4. The highest BCUT2D eigenvalue weighted by molar-refractivity contribution is 7.89. The molecule has 1 rings (SSSR count). The first-order chi connectivity index (χ1) is 8.88. The van der Waals surface area contributed by atoms with Crippen LogP contribution in [0.5, 0.6) is 0 Å². The molecule has 6 nitrogen and oxygen atoms in total. The first kappa shape index (κ1) is 15.6. The molecular weight excluding hydrogens is 292 g/mol. The minimum absolute atomic E-state index is 0.166. The zero-order chi connectivity index (χ0) is 14.5. The minimum Gasteiger partial charge on any atom is -0.258 e. The molecule has 1 N–H and O–H groups in total. The molecule has 8 heteroatoms. The van der Waals surface area contributed by atoms with Crippen LogP contribution in [0.25, 0.3) is 0 Å². The summed E-state index contributed by atoms with van der Waals surface area (Å²) in [5.74, 6) is 0. The Hall–Kier alpha value is -1.44. The second-order valence-corrected chi connectivity index (χ2v) is 5.77. The normalized spacial score (nSPS) is 11.9. The zero-order valence-electron chi connectivity index (χ0n) is 10.2. The van der Waals surface area contributed by atoms with Crippen molar-refractivity contribution in [1.29, 1.82) is 0 Å². The molecule has 1 aromatic carbocycles. The van der Waals surface area contributed by atoms with Crippen molar-refractivity contribution in [2.24, 2.45) is 0 Å². The van der Waals surface area contributed by atoms with Crippen molar-refractivity contribution in [3.63, 3.8) is 0 Å². The molecule has 0 bridgehead atoms. The van der Waals surface area contributed by atoms with Gasteiger partial charge >= 0.3 is 0 Å². The molecule has 0 saturated carbocycles. The molecule has 0 aliphatic rings. The first-order valence-electron chi connectivity index (χ1n) is 5.43. The monoisotopic (exact) mass is 304 g/mol. The molecule has 19 heavy (non-hydrogen) atoms. The predicted molar refractivity (Wildman–Crippen MR) is 72.7 cm³/mol. The van der Waals surface area contributed by atoms with Gasteiger partial charge in [-0.05, 0) is 19.4 Å². The van der Waals surface area contributed by atoms with Gasteiger partial charge in [0.1, 0.15) is 4.90 Å². The van der Waals surface area contributed by atoms with E-state index in [1.54, 1.807) is 0 Å². The van der Waals surface area contributed by atoms with Crippen molar-refractivity contribution in [2.45, 2.75) is 18.2 Å². The molecule has 0 amide bonds. The van der Waals surface area contributed by atoms with Crippen molar-refractivity contribution in [3.8, 4) is 0 Å². The third kappa shape index (κ3) is 4.30. The molecule has 0 atom stereocenters. The van der Waals surface area contributed by atoms with Crippen molar-refractivity contribution >= 4 is 27.3 Å². The Morgan fingerprint density at radius 3 is 2.68 bits per heavy atom. The van der Waals surface area contributed by atoms with Gasteiger partial charge in [0.05, 0.1) is 9.95 Å². The van der Waals surface area contributed by atoms with E-state index in [0.29, 0.717) is 6.42 Å². The highest BCUT2D eigenvalue weighted by atomic mass is 35.5. The molecule has 0 radical (unpaired) electrons. The van der Waals surface area contributed by atoms with Crippen LogP contribution in [0.4, 0.5) is 5.69 Å². The van der Waals surface area contributed by atoms with Gasteiger partial charge in [-0.3, -0.25) is 10.1 Å². The fraction of sp³-hybridized carbons (Fsp3) is 0.273. The Labute approximate surface area is 116 Å². The Balaban J connectivity index is 2.92. The summed E-state index contributed by atoms with van der Waals surface area (Å²) in [6.45, 7) is 2.07. The molecule has 0 saturated heterocycles. The average molecular weight is 305 g/mol. The number of halogens is 1. The van der Waals surface area contributed by atoms with Crippen LogP contribution in [0, 0.1) is 10.1 Å². The van der Waals surface area contributed by atoms with E-state index in [9.17, 15) is 18.5 Å². The molecule has 0 heterocycles. The number of rotatable bonds is 6. The summed E-state index contributed by atoms with van der Waals surface area (Å²) in [7, 11) is -3.75. The number of non-ortho nitro benzene ring substituents is 1. The Bertz CT molecular complexity index is 599.